The number of aliphatic carboxylic acids is 1. The second kappa shape index (κ2) is 5.51. The molecule has 2 unspecified atom stereocenters. The number of carboxylic acid groups (broad SMARTS) is 1. The van der Waals surface area contributed by atoms with E-state index in [2.05, 4.69) is 5.32 Å². The first kappa shape index (κ1) is 14.1. The molecule has 2 saturated carbocycles. The first-order valence-electron chi connectivity index (χ1n) is 7.68. The van der Waals surface area contributed by atoms with Crippen LogP contribution in [0.1, 0.15) is 43.6 Å². The van der Waals surface area contributed by atoms with Gasteiger partial charge in [0.05, 0.1) is 5.92 Å². The van der Waals surface area contributed by atoms with Crippen LogP contribution in [0.3, 0.4) is 0 Å². The maximum Gasteiger partial charge on any atom is 0.312 e. The summed E-state index contributed by atoms with van der Waals surface area (Å²) in [6.07, 6.45) is 5.76. The summed E-state index contributed by atoms with van der Waals surface area (Å²) in [5.41, 5.74) is 0.993. The van der Waals surface area contributed by atoms with E-state index in [1.54, 1.807) is 12.1 Å². The molecule has 0 heterocycles. The van der Waals surface area contributed by atoms with E-state index in [0.717, 1.165) is 24.8 Å². The zero-order valence-corrected chi connectivity index (χ0v) is 12.0. The number of benzene rings is 1. The van der Waals surface area contributed by atoms with Gasteiger partial charge < -0.3 is 10.4 Å². The third kappa shape index (κ3) is 2.80. The van der Waals surface area contributed by atoms with Gasteiger partial charge >= 0.3 is 5.97 Å². The Bertz CT molecular complexity index is 534. The number of hydrogen-bond donors (Lipinski definition) is 2. The molecule has 4 heteroatoms. The van der Waals surface area contributed by atoms with Crippen molar-refractivity contribution in [3.05, 3.63) is 35.9 Å². The molecule has 1 aromatic carbocycles. The quantitative estimate of drug-likeness (QED) is 0.874. The van der Waals surface area contributed by atoms with Gasteiger partial charge in [0.1, 0.15) is 0 Å². The van der Waals surface area contributed by atoms with Gasteiger partial charge in [0, 0.05) is 12.5 Å². The Labute approximate surface area is 124 Å². The molecule has 2 aliphatic rings. The molecule has 0 aromatic heterocycles. The van der Waals surface area contributed by atoms with E-state index in [0.29, 0.717) is 0 Å². The fourth-order valence-electron chi connectivity index (χ4n) is 3.71. The number of hydrogen-bond acceptors (Lipinski definition) is 2. The number of carbonyl (C=O) groups is 2. The Balaban J connectivity index is 1.58. The first-order valence-corrected chi connectivity index (χ1v) is 7.68. The molecule has 3 rings (SSSR count). The fourth-order valence-corrected chi connectivity index (χ4v) is 3.71. The second-order valence-corrected chi connectivity index (χ2v) is 6.37. The summed E-state index contributed by atoms with van der Waals surface area (Å²) >= 11 is 0. The molecule has 1 aromatic rings. The Kier molecular flexibility index (Phi) is 3.70. The summed E-state index contributed by atoms with van der Waals surface area (Å²) in [5, 5.41) is 12.2. The molecule has 0 radical (unpaired) electrons. The molecule has 1 spiro atoms. The lowest BCUT2D eigenvalue weighted by Crippen LogP contribution is -2.33. The van der Waals surface area contributed by atoms with E-state index in [9.17, 15) is 14.7 Å². The van der Waals surface area contributed by atoms with Crippen LogP contribution < -0.4 is 5.32 Å². The minimum Gasteiger partial charge on any atom is -0.481 e. The molecular formula is C17H21NO3. The summed E-state index contributed by atoms with van der Waals surface area (Å²) in [6.45, 7) is 0.171. The molecule has 112 valence electrons. The first-order chi connectivity index (χ1) is 10.1. The normalized spacial score (nSPS) is 23.7. The molecular weight excluding hydrogens is 266 g/mol. The lowest BCUT2D eigenvalue weighted by atomic mass is 9.98. The number of nitrogens with one attached hydrogen (secondary N) is 1. The minimum absolute atomic E-state index is 0.0408. The number of carbonyl (C=O) groups excluding carboxylic acids is 1. The fraction of sp³-hybridized carbons (Fsp3) is 0.529. The summed E-state index contributed by atoms with van der Waals surface area (Å²) in [7, 11) is 0. The van der Waals surface area contributed by atoms with Gasteiger partial charge in [-0.2, -0.15) is 0 Å². The van der Waals surface area contributed by atoms with Gasteiger partial charge in [0.2, 0.25) is 5.91 Å². The van der Waals surface area contributed by atoms with Gasteiger partial charge in [0.15, 0.2) is 0 Å². The second-order valence-electron chi connectivity index (χ2n) is 6.37. The highest BCUT2D eigenvalue weighted by atomic mass is 16.4. The summed E-state index contributed by atoms with van der Waals surface area (Å²) in [6, 6.07) is 9.08. The predicted octanol–water partition coefficient (Wildman–Crippen LogP) is 2.55. The van der Waals surface area contributed by atoms with Crippen molar-refractivity contribution in [2.24, 2.45) is 11.3 Å². The molecule has 2 aliphatic carbocycles. The molecule has 2 N–H and O–H groups in total. The largest absolute Gasteiger partial charge is 0.481 e. The van der Waals surface area contributed by atoms with Gasteiger partial charge in [0.25, 0.3) is 0 Å². The molecule has 2 atom stereocenters. The van der Waals surface area contributed by atoms with Crippen molar-refractivity contribution < 1.29 is 14.7 Å². The average molecular weight is 287 g/mol. The summed E-state index contributed by atoms with van der Waals surface area (Å²) in [5.74, 6) is -1.41. The summed E-state index contributed by atoms with van der Waals surface area (Å²) in [4.78, 5) is 23.6. The third-order valence-corrected chi connectivity index (χ3v) is 5.09. The van der Waals surface area contributed by atoms with E-state index < -0.39 is 11.9 Å². The molecule has 0 bridgehead atoms. The zero-order chi connectivity index (χ0) is 14.9. The highest BCUT2D eigenvalue weighted by Crippen LogP contribution is 2.62. The Hall–Kier alpha value is -1.84. The molecule has 4 nitrogen and oxygen atoms in total. The van der Waals surface area contributed by atoms with E-state index in [1.807, 2.05) is 18.2 Å². The van der Waals surface area contributed by atoms with Gasteiger partial charge in [-0.25, -0.2) is 0 Å². The van der Waals surface area contributed by atoms with Gasteiger partial charge in [-0.15, -0.1) is 0 Å². The average Bonchev–Trinajstić information content (AvgIpc) is 2.97. The van der Waals surface area contributed by atoms with Crippen molar-refractivity contribution in [3.8, 4) is 0 Å². The smallest absolute Gasteiger partial charge is 0.312 e. The van der Waals surface area contributed by atoms with Crippen LogP contribution in [-0.2, 0) is 9.59 Å². The van der Waals surface area contributed by atoms with Crippen molar-refractivity contribution in [2.45, 2.75) is 38.0 Å². The maximum atomic E-state index is 12.2. The maximum absolute atomic E-state index is 12.2. The molecule has 21 heavy (non-hydrogen) atoms. The van der Waals surface area contributed by atoms with Crippen molar-refractivity contribution in [1.82, 2.24) is 5.32 Å². The summed E-state index contributed by atoms with van der Waals surface area (Å²) < 4.78 is 0. The van der Waals surface area contributed by atoms with E-state index >= 15 is 0 Å². The Morgan fingerprint density at radius 1 is 1.24 bits per heavy atom. The van der Waals surface area contributed by atoms with E-state index in [4.69, 9.17) is 0 Å². The van der Waals surface area contributed by atoms with Crippen molar-refractivity contribution >= 4 is 11.9 Å². The van der Waals surface area contributed by atoms with Gasteiger partial charge in [-0.3, -0.25) is 9.59 Å². The lowest BCUT2D eigenvalue weighted by Gasteiger charge is -2.15. The number of rotatable bonds is 5. The molecule has 0 saturated heterocycles. The van der Waals surface area contributed by atoms with Crippen LogP contribution in [0, 0.1) is 11.3 Å². The minimum atomic E-state index is -0.895. The lowest BCUT2D eigenvalue weighted by molar-refractivity contribution is -0.138. The Morgan fingerprint density at radius 3 is 2.52 bits per heavy atom. The standard InChI is InChI=1S/C17H21NO3/c19-15(14-10-17(14)8-4-5-9-17)18-11-13(16(20)21)12-6-2-1-3-7-12/h1-3,6-7,13-14H,4-5,8-11H2,(H,18,19)(H,20,21). The molecule has 2 fully saturated rings. The predicted molar refractivity (Wildman–Crippen MR) is 78.8 cm³/mol. The number of amides is 1. The van der Waals surface area contributed by atoms with E-state index in [-0.39, 0.29) is 23.8 Å². The Morgan fingerprint density at radius 2 is 1.90 bits per heavy atom. The van der Waals surface area contributed by atoms with Crippen LogP contribution in [0.5, 0.6) is 0 Å². The molecule has 0 aliphatic heterocycles. The highest BCUT2D eigenvalue weighted by molar-refractivity contribution is 5.84. The van der Waals surface area contributed by atoms with Gasteiger partial charge in [-0.1, -0.05) is 43.2 Å². The van der Waals surface area contributed by atoms with Crippen LogP contribution in [-0.4, -0.2) is 23.5 Å². The van der Waals surface area contributed by atoms with Crippen molar-refractivity contribution in [1.29, 1.82) is 0 Å². The monoisotopic (exact) mass is 287 g/mol. The van der Waals surface area contributed by atoms with Crippen LogP contribution in [0.4, 0.5) is 0 Å². The highest BCUT2D eigenvalue weighted by Gasteiger charge is 2.58. The van der Waals surface area contributed by atoms with Crippen molar-refractivity contribution in [2.75, 3.05) is 6.54 Å². The zero-order valence-electron chi connectivity index (χ0n) is 12.0. The van der Waals surface area contributed by atoms with Gasteiger partial charge in [-0.05, 0) is 30.2 Å². The topological polar surface area (TPSA) is 66.4 Å². The van der Waals surface area contributed by atoms with Crippen LogP contribution >= 0.6 is 0 Å². The van der Waals surface area contributed by atoms with Crippen molar-refractivity contribution in [3.63, 3.8) is 0 Å². The SMILES string of the molecule is O=C(O)C(CNC(=O)C1CC12CCCC2)c1ccccc1. The number of carboxylic acids is 1. The molecule has 1 amide bonds. The van der Waals surface area contributed by atoms with Crippen LogP contribution in [0.2, 0.25) is 0 Å². The van der Waals surface area contributed by atoms with E-state index in [1.165, 1.54) is 12.8 Å². The van der Waals surface area contributed by atoms with Crippen LogP contribution in [0.15, 0.2) is 30.3 Å². The third-order valence-electron chi connectivity index (χ3n) is 5.09. The van der Waals surface area contributed by atoms with Crippen LogP contribution in [0.25, 0.3) is 0 Å².